The molecule has 142 valence electrons. The SMILES string of the molecule is CC(C)(C)n1ncc(C(=O)NC2CC3=CCC4CC3C2C4)c1C(F)(F)F. The molecule has 2 saturated carbocycles. The Morgan fingerprint density at radius 1 is 1.27 bits per heavy atom. The first-order valence-electron chi connectivity index (χ1n) is 9.21. The van der Waals surface area contributed by atoms with Gasteiger partial charge < -0.3 is 5.32 Å². The van der Waals surface area contributed by atoms with Gasteiger partial charge in [-0.15, -0.1) is 0 Å². The van der Waals surface area contributed by atoms with Crippen LogP contribution in [-0.2, 0) is 11.7 Å². The van der Waals surface area contributed by atoms with E-state index in [9.17, 15) is 18.0 Å². The summed E-state index contributed by atoms with van der Waals surface area (Å²) >= 11 is 0. The van der Waals surface area contributed by atoms with Crippen molar-refractivity contribution in [3.05, 3.63) is 29.1 Å². The highest BCUT2D eigenvalue weighted by molar-refractivity contribution is 5.95. The van der Waals surface area contributed by atoms with Gasteiger partial charge in [0.25, 0.3) is 5.91 Å². The van der Waals surface area contributed by atoms with Crippen LogP contribution in [-0.4, -0.2) is 21.7 Å². The molecule has 0 aliphatic heterocycles. The number of allylic oxidation sites excluding steroid dienone is 1. The molecule has 3 aliphatic carbocycles. The predicted octanol–water partition coefficient (Wildman–Crippen LogP) is 4.13. The Labute approximate surface area is 150 Å². The van der Waals surface area contributed by atoms with Gasteiger partial charge in [0.15, 0.2) is 5.69 Å². The maximum Gasteiger partial charge on any atom is 0.433 e. The Kier molecular flexibility index (Phi) is 3.80. The predicted molar refractivity (Wildman–Crippen MR) is 90.5 cm³/mol. The third-order valence-electron chi connectivity index (χ3n) is 6.11. The van der Waals surface area contributed by atoms with Crippen molar-refractivity contribution in [2.24, 2.45) is 17.8 Å². The van der Waals surface area contributed by atoms with Crippen molar-refractivity contribution in [1.29, 1.82) is 0 Å². The minimum absolute atomic E-state index is 0.0666. The second-order valence-electron chi connectivity index (χ2n) is 8.89. The Bertz CT molecular complexity index is 772. The minimum atomic E-state index is -4.64. The average molecular weight is 367 g/mol. The number of fused-ring (bicyclic) bond motifs is 1. The molecule has 0 spiro atoms. The molecule has 2 fully saturated rings. The summed E-state index contributed by atoms with van der Waals surface area (Å²) in [5.41, 5.74) is -0.829. The highest BCUT2D eigenvalue weighted by atomic mass is 19.4. The van der Waals surface area contributed by atoms with Crippen LogP contribution in [0.1, 0.15) is 62.5 Å². The number of amides is 1. The number of alkyl halides is 3. The molecule has 0 radical (unpaired) electrons. The molecule has 4 rings (SSSR count). The molecule has 0 aromatic carbocycles. The van der Waals surface area contributed by atoms with Crippen molar-refractivity contribution >= 4 is 5.91 Å². The highest BCUT2D eigenvalue weighted by Crippen LogP contribution is 2.54. The summed E-state index contributed by atoms with van der Waals surface area (Å²) in [6.45, 7) is 4.92. The maximum absolute atomic E-state index is 13.6. The van der Waals surface area contributed by atoms with E-state index in [1.807, 2.05) is 0 Å². The van der Waals surface area contributed by atoms with Crippen molar-refractivity contribution in [1.82, 2.24) is 15.1 Å². The summed E-state index contributed by atoms with van der Waals surface area (Å²) in [6.07, 6.45) is 2.80. The van der Waals surface area contributed by atoms with Crippen molar-refractivity contribution in [2.75, 3.05) is 0 Å². The standard InChI is InChI=1S/C19H24F3N3O/c1-18(2,3)25-16(19(20,21)22)14(9-23-25)17(26)24-15-8-11-5-4-10-6-12(11)13(15)7-10/h5,9-10,12-13,15H,4,6-8H2,1-3H3,(H,24,26). The number of halogens is 3. The molecule has 2 bridgehead atoms. The van der Waals surface area contributed by atoms with E-state index in [4.69, 9.17) is 0 Å². The third-order valence-corrected chi connectivity index (χ3v) is 6.11. The van der Waals surface area contributed by atoms with Gasteiger partial charge in [-0.25, -0.2) is 0 Å². The second kappa shape index (κ2) is 5.60. The van der Waals surface area contributed by atoms with Crippen LogP contribution in [0.5, 0.6) is 0 Å². The van der Waals surface area contributed by atoms with E-state index in [0.29, 0.717) is 17.8 Å². The molecule has 26 heavy (non-hydrogen) atoms. The van der Waals surface area contributed by atoms with E-state index in [2.05, 4.69) is 16.5 Å². The first-order valence-corrected chi connectivity index (χ1v) is 9.21. The van der Waals surface area contributed by atoms with E-state index >= 15 is 0 Å². The Morgan fingerprint density at radius 3 is 2.65 bits per heavy atom. The van der Waals surface area contributed by atoms with Crippen LogP contribution in [0.4, 0.5) is 13.2 Å². The lowest BCUT2D eigenvalue weighted by Crippen LogP contribution is -2.39. The number of aromatic nitrogens is 2. The third kappa shape index (κ3) is 2.76. The largest absolute Gasteiger partial charge is 0.433 e. The van der Waals surface area contributed by atoms with Gasteiger partial charge in [0.2, 0.25) is 0 Å². The molecule has 1 aromatic heterocycles. The van der Waals surface area contributed by atoms with Gasteiger partial charge in [-0.3, -0.25) is 9.48 Å². The summed E-state index contributed by atoms with van der Waals surface area (Å²) in [5, 5.41) is 6.77. The van der Waals surface area contributed by atoms with Gasteiger partial charge in [-0.05, 0) is 64.2 Å². The fourth-order valence-corrected chi connectivity index (χ4v) is 5.05. The second-order valence-corrected chi connectivity index (χ2v) is 8.89. The lowest BCUT2D eigenvalue weighted by atomic mass is 9.89. The quantitative estimate of drug-likeness (QED) is 0.799. The number of nitrogens with zero attached hydrogens (tertiary/aromatic N) is 2. The van der Waals surface area contributed by atoms with Gasteiger partial charge >= 0.3 is 6.18 Å². The molecule has 3 aliphatic rings. The van der Waals surface area contributed by atoms with Crippen molar-refractivity contribution in [3.8, 4) is 0 Å². The van der Waals surface area contributed by atoms with Gasteiger partial charge in [0.05, 0.1) is 17.3 Å². The van der Waals surface area contributed by atoms with Crippen LogP contribution >= 0.6 is 0 Å². The maximum atomic E-state index is 13.6. The van der Waals surface area contributed by atoms with Crippen LogP contribution in [0.3, 0.4) is 0 Å². The summed E-state index contributed by atoms with van der Waals surface area (Å²) < 4.78 is 41.8. The summed E-state index contributed by atoms with van der Waals surface area (Å²) in [4.78, 5) is 12.7. The number of hydrogen-bond donors (Lipinski definition) is 1. The molecule has 1 heterocycles. The molecule has 1 N–H and O–H groups in total. The number of nitrogens with one attached hydrogen (secondary N) is 1. The number of hydrogen-bond acceptors (Lipinski definition) is 2. The van der Waals surface area contributed by atoms with Crippen LogP contribution < -0.4 is 5.32 Å². The van der Waals surface area contributed by atoms with Crippen LogP contribution in [0.15, 0.2) is 17.8 Å². The van der Waals surface area contributed by atoms with Crippen LogP contribution in [0.2, 0.25) is 0 Å². The first kappa shape index (κ1) is 17.6. The van der Waals surface area contributed by atoms with Gasteiger partial charge in [-0.1, -0.05) is 11.6 Å². The monoisotopic (exact) mass is 367 g/mol. The van der Waals surface area contributed by atoms with Crippen LogP contribution in [0, 0.1) is 17.8 Å². The lowest BCUT2D eigenvalue weighted by Gasteiger charge is -2.24. The molecular weight excluding hydrogens is 343 g/mol. The van der Waals surface area contributed by atoms with Gasteiger partial charge in [-0.2, -0.15) is 18.3 Å². The van der Waals surface area contributed by atoms with Gasteiger partial charge in [0, 0.05) is 6.04 Å². The molecule has 1 aromatic rings. The van der Waals surface area contributed by atoms with Crippen LogP contribution in [0.25, 0.3) is 0 Å². The number of rotatable bonds is 2. The van der Waals surface area contributed by atoms with E-state index in [-0.39, 0.29) is 11.6 Å². The summed E-state index contributed by atoms with van der Waals surface area (Å²) in [6, 6.07) is -0.0666. The summed E-state index contributed by atoms with van der Waals surface area (Å²) in [5.74, 6) is 0.882. The number of carbonyl (C=O) groups is 1. The zero-order valence-electron chi connectivity index (χ0n) is 15.2. The van der Waals surface area contributed by atoms with E-state index < -0.39 is 23.3 Å². The van der Waals surface area contributed by atoms with Crippen molar-refractivity contribution < 1.29 is 18.0 Å². The van der Waals surface area contributed by atoms with Gasteiger partial charge in [0.1, 0.15) is 0 Å². The van der Waals surface area contributed by atoms with E-state index in [0.717, 1.165) is 30.1 Å². The molecule has 4 nitrogen and oxygen atoms in total. The fraction of sp³-hybridized carbons (Fsp3) is 0.684. The Morgan fingerprint density at radius 2 is 2.00 bits per heavy atom. The molecule has 4 unspecified atom stereocenters. The van der Waals surface area contributed by atoms with E-state index in [1.54, 1.807) is 20.8 Å². The molecular formula is C19H24F3N3O. The molecule has 0 saturated heterocycles. The minimum Gasteiger partial charge on any atom is -0.349 e. The zero-order chi connectivity index (χ0) is 18.9. The summed E-state index contributed by atoms with van der Waals surface area (Å²) in [7, 11) is 0. The van der Waals surface area contributed by atoms with Crippen molar-refractivity contribution in [2.45, 2.75) is 64.2 Å². The number of carbonyl (C=O) groups excluding carboxylic acids is 1. The zero-order valence-corrected chi connectivity index (χ0v) is 15.2. The Balaban J connectivity index is 1.61. The topological polar surface area (TPSA) is 46.9 Å². The Hall–Kier alpha value is -1.79. The smallest absolute Gasteiger partial charge is 0.349 e. The van der Waals surface area contributed by atoms with Crippen molar-refractivity contribution in [3.63, 3.8) is 0 Å². The normalized spacial score (nSPS) is 30.5. The highest BCUT2D eigenvalue weighted by Gasteiger charge is 2.49. The average Bonchev–Trinajstić information content (AvgIpc) is 3.16. The lowest BCUT2D eigenvalue weighted by molar-refractivity contribution is -0.146. The fourth-order valence-electron chi connectivity index (χ4n) is 5.05. The molecule has 4 atom stereocenters. The molecule has 1 amide bonds. The molecule has 7 heteroatoms. The first-order chi connectivity index (χ1) is 12.1. The van der Waals surface area contributed by atoms with E-state index in [1.165, 1.54) is 12.0 Å².